The van der Waals surface area contributed by atoms with E-state index in [9.17, 15) is 9.59 Å². The van der Waals surface area contributed by atoms with Crippen LogP contribution in [0.1, 0.15) is 45.6 Å². The lowest BCUT2D eigenvalue weighted by Crippen LogP contribution is -2.44. The van der Waals surface area contributed by atoms with Gasteiger partial charge < -0.3 is 9.47 Å². The lowest BCUT2D eigenvalue weighted by atomic mass is 9.64. The molecule has 1 aliphatic carbocycles. The lowest BCUT2D eigenvalue weighted by molar-refractivity contribution is -0.170. The topological polar surface area (TPSA) is 52.6 Å². The molecule has 0 radical (unpaired) electrons. The smallest absolute Gasteiger partial charge is 0.344 e. The highest BCUT2D eigenvalue weighted by molar-refractivity contribution is 6.30. The normalized spacial score (nSPS) is 16.5. The number of ether oxygens (including phenoxy) is 2. The van der Waals surface area contributed by atoms with Gasteiger partial charge in [0.25, 0.3) is 0 Å². The van der Waals surface area contributed by atoms with Gasteiger partial charge in [0.15, 0.2) is 6.61 Å². The molecule has 0 atom stereocenters. The van der Waals surface area contributed by atoms with Gasteiger partial charge in [0.05, 0.1) is 5.41 Å². The standard InChI is InChI=1S/C17H21ClO4/c1-16(2,3)22-14(19)11-21-15(20)17(9-4-10-17)12-5-7-13(18)8-6-12/h5-8H,4,9-11H2,1-3H3. The van der Waals surface area contributed by atoms with Gasteiger partial charge in [-0.1, -0.05) is 30.2 Å². The Morgan fingerprint density at radius 2 is 1.77 bits per heavy atom. The number of hydrogen-bond acceptors (Lipinski definition) is 4. The van der Waals surface area contributed by atoms with E-state index >= 15 is 0 Å². The summed E-state index contributed by atoms with van der Waals surface area (Å²) in [6, 6.07) is 7.21. The number of halogens is 1. The van der Waals surface area contributed by atoms with Crippen molar-refractivity contribution in [3.63, 3.8) is 0 Å². The monoisotopic (exact) mass is 324 g/mol. The molecule has 0 aliphatic heterocycles. The Morgan fingerprint density at radius 3 is 2.23 bits per heavy atom. The van der Waals surface area contributed by atoms with Crippen molar-refractivity contribution in [2.24, 2.45) is 0 Å². The van der Waals surface area contributed by atoms with E-state index in [1.807, 2.05) is 12.1 Å². The second-order valence-corrected chi connectivity index (χ2v) is 7.04. The zero-order valence-corrected chi connectivity index (χ0v) is 13.9. The van der Waals surface area contributed by atoms with Crippen LogP contribution in [0.4, 0.5) is 0 Å². The van der Waals surface area contributed by atoms with Crippen LogP contribution in [-0.4, -0.2) is 24.1 Å². The van der Waals surface area contributed by atoms with Gasteiger partial charge in [-0.15, -0.1) is 0 Å². The largest absolute Gasteiger partial charge is 0.457 e. The van der Waals surface area contributed by atoms with E-state index < -0.39 is 17.0 Å². The van der Waals surface area contributed by atoms with Crippen molar-refractivity contribution in [3.8, 4) is 0 Å². The molecular formula is C17H21ClO4. The van der Waals surface area contributed by atoms with Crippen LogP contribution in [0, 0.1) is 0 Å². The Balaban J connectivity index is 2.01. The second kappa shape index (κ2) is 6.29. The SMILES string of the molecule is CC(C)(C)OC(=O)COC(=O)C1(c2ccc(Cl)cc2)CCC1. The fraction of sp³-hybridized carbons (Fsp3) is 0.529. The quantitative estimate of drug-likeness (QED) is 0.793. The Morgan fingerprint density at radius 1 is 1.18 bits per heavy atom. The maximum atomic E-state index is 12.4. The van der Waals surface area contributed by atoms with Crippen molar-refractivity contribution in [2.75, 3.05) is 6.61 Å². The molecule has 0 N–H and O–H groups in total. The molecule has 0 spiro atoms. The Bertz CT molecular complexity index is 553. The maximum Gasteiger partial charge on any atom is 0.344 e. The molecule has 0 aromatic heterocycles. The number of carbonyl (C=O) groups is 2. The lowest BCUT2D eigenvalue weighted by Gasteiger charge is -2.39. The third-order valence-electron chi connectivity index (χ3n) is 3.74. The third kappa shape index (κ3) is 3.80. The van der Waals surface area contributed by atoms with Gasteiger partial charge in [0.1, 0.15) is 5.60 Å². The highest BCUT2D eigenvalue weighted by Gasteiger charge is 2.47. The molecule has 4 nitrogen and oxygen atoms in total. The van der Waals surface area contributed by atoms with Crippen molar-refractivity contribution in [1.82, 2.24) is 0 Å². The minimum absolute atomic E-state index is 0.356. The first-order valence-corrected chi connectivity index (χ1v) is 7.76. The fourth-order valence-electron chi connectivity index (χ4n) is 2.54. The van der Waals surface area contributed by atoms with Crippen molar-refractivity contribution < 1.29 is 19.1 Å². The predicted molar refractivity (Wildman–Crippen MR) is 83.8 cm³/mol. The fourth-order valence-corrected chi connectivity index (χ4v) is 2.67. The summed E-state index contributed by atoms with van der Waals surface area (Å²) in [7, 11) is 0. The molecule has 5 heteroatoms. The summed E-state index contributed by atoms with van der Waals surface area (Å²) in [6.45, 7) is 4.96. The van der Waals surface area contributed by atoms with Gasteiger partial charge in [-0.3, -0.25) is 4.79 Å². The van der Waals surface area contributed by atoms with E-state index in [1.54, 1.807) is 32.9 Å². The number of benzene rings is 1. The van der Waals surface area contributed by atoms with Crippen LogP contribution in [0.2, 0.25) is 5.02 Å². The molecule has 0 bridgehead atoms. The molecule has 1 aromatic rings. The number of hydrogen-bond donors (Lipinski definition) is 0. The Hall–Kier alpha value is -1.55. The molecule has 1 saturated carbocycles. The van der Waals surface area contributed by atoms with Gasteiger partial charge in [-0.2, -0.15) is 0 Å². The number of esters is 2. The molecule has 1 fully saturated rings. The van der Waals surface area contributed by atoms with Crippen LogP contribution in [0.25, 0.3) is 0 Å². The maximum absolute atomic E-state index is 12.4. The van der Waals surface area contributed by atoms with Gasteiger partial charge in [0.2, 0.25) is 0 Å². The zero-order chi connectivity index (χ0) is 16.4. The highest BCUT2D eigenvalue weighted by atomic mass is 35.5. The average molecular weight is 325 g/mol. The zero-order valence-electron chi connectivity index (χ0n) is 13.1. The van der Waals surface area contributed by atoms with E-state index in [0.29, 0.717) is 5.02 Å². The average Bonchev–Trinajstić information content (AvgIpc) is 2.35. The summed E-state index contributed by atoms with van der Waals surface area (Å²) in [5.41, 5.74) is -0.349. The van der Waals surface area contributed by atoms with Gasteiger partial charge in [0, 0.05) is 5.02 Å². The molecule has 0 saturated heterocycles. The van der Waals surface area contributed by atoms with Gasteiger partial charge in [-0.05, 0) is 51.3 Å². The van der Waals surface area contributed by atoms with Crippen molar-refractivity contribution in [1.29, 1.82) is 0 Å². The summed E-state index contributed by atoms with van der Waals surface area (Å²) in [5, 5.41) is 0.625. The van der Waals surface area contributed by atoms with Crippen LogP contribution in [-0.2, 0) is 24.5 Å². The minimum Gasteiger partial charge on any atom is -0.457 e. The van der Waals surface area contributed by atoms with Crippen LogP contribution < -0.4 is 0 Å². The summed E-state index contributed by atoms with van der Waals surface area (Å²) in [6.07, 6.45) is 2.41. The Kier molecular flexibility index (Phi) is 4.81. The van der Waals surface area contributed by atoms with Gasteiger partial charge >= 0.3 is 11.9 Å². The molecule has 2 rings (SSSR count). The van der Waals surface area contributed by atoms with Crippen molar-refractivity contribution >= 4 is 23.5 Å². The first-order chi connectivity index (χ1) is 10.2. The van der Waals surface area contributed by atoms with Crippen molar-refractivity contribution in [3.05, 3.63) is 34.9 Å². The van der Waals surface area contributed by atoms with Crippen LogP contribution >= 0.6 is 11.6 Å². The van der Waals surface area contributed by atoms with Crippen LogP contribution in [0.15, 0.2) is 24.3 Å². The minimum atomic E-state index is -0.646. The highest BCUT2D eigenvalue weighted by Crippen LogP contribution is 2.45. The molecule has 0 amide bonds. The molecular weight excluding hydrogens is 304 g/mol. The molecule has 120 valence electrons. The predicted octanol–water partition coefficient (Wildman–Crippen LogP) is 3.65. The number of rotatable bonds is 4. The van der Waals surface area contributed by atoms with E-state index in [2.05, 4.69) is 0 Å². The van der Waals surface area contributed by atoms with E-state index in [0.717, 1.165) is 24.8 Å². The van der Waals surface area contributed by atoms with E-state index in [4.69, 9.17) is 21.1 Å². The first kappa shape index (κ1) is 16.8. The first-order valence-electron chi connectivity index (χ1n) is 7.38. The van der Waals surface area contributed by atoms with E-state index in [1.165, 1.54) is 0 Å². The molecule has 0 heterocycles. The van der Waals surface area contributed by atoms with Gasteiger partial charge in [-0.25, -0.2) is 4.79 Å². The number of carbonyl (C=O) groups excluding carboxylic acids is 2. The summed E-state index contributed by atoms with van der Waals surface area (Å²) in [4.78, 5) is 24.1. The summed E-state index contributed by atoms with van der Waals surface area (Å²) in [5.74, 6) is -0.904. The van der Waals surface area contributed by atoms with Crippen molar-refractivity contribution in [2.45, 2.75) is 51.0 Å². The molecule has 0 unspecified atom stereocenters. The third-order valence-corrected chi connectivity index (χ3v) is 3.99. The van der Waals surface area contributed by atoms with Crippen LogP contribution in [0.5, 0.6) is 0 Å². The Labute approximate surface area is 135 Å². The second-order valence-electron chi connectivity index (χ2n) is 6.61. The van der Waals surface area contributed by atoms with E-state index in [-0.39, 0.29) is 12.6 Å². The summed E-state index contributed by atoms with van der Waals surface area (Å²) < 4.78 is 10.3. The molecule has 22 heavy (non-hydrogen) atoms. The van der Waals surface area contributed by atoms with Crippen LogP contribution in [0.3, 0.4) is 0 Å². The summed E-state index contributed by atoms with van der Waals surface area (Å²) >= 11 is 5.89. The molecule has 1 aromatic carbocycles. The molecule has 1 aliphatic rings.